The first-order valence-electron chi connectivity index (χ1n) is 17.1. The van der Waals surface area contributed by atoms with Crippen molar-refractivity contribution in [1.29, 1.82) is 0 Å². The van der Waals surface area contributed by atoms with Gasteiger partial charge in [-0.2, -0.15) is 0 Å². The lowest BCUT2D eigenvalue weighted by molar-refractivity contribution is 0.0498. The number of ether oxygens (including phenoxy) is 3. The first kappa shape index (κ1) is 36.5. The molecule has 49 heavy (non-hydrogen) atoms. The van der Waals surface area contributed by atoms with Gasteiger partial charge in [-0.3, -0.25) is 0 Å². The minimum absolute atomic E-state index is 0.199. The highest BCUT2D eigenvalue weighted by molar-refractivity contribution is 5.92. The summed E-state index contributed by atoms with van der Waals surface area (Å²) in [6.07, 6.45) is 8.05. The molecule has 4 aromatic rings. The number of aliphatic hydroxyl groups excluding tert-OH is 1. The number of hydrogen-bond donors (Lipinski definition) is 1. The average Bonchev–Trinajstić information content (AvgIpc) is 3.14. The molecule has 6 heteroatoms. The fraction of sp³-hybridized carbons (Fsp3) is 0.302. The van der Waals surface area contributed by atoms with Gasteiger partial charge in [-0.15, -0.1) is 0 Å². The van der Waals surface area contributed by atoms with Crippen molar-refractivity contribution in [2.45, 2.75) is 64.7 Å². The van der Waals surface area contributed by atoms with E-state index in [9.17, 15) is 9.59 Å². The summed E-state index contributed by atoms with van der Waals surface area (Å²) in [7, 11) is 0. The molecule has 0 unspecified atom stereocenters. The molecule has 0 spiro atoms. The van der Waals surface area contributed by atoms with Crippen molar-refractivity contribution in [2.24, 2.45) is 0 Å². The Balaban J connectivity index is 1.19. The van der Waals surface area contributed by atoms with E-state index in [0.717, 1.165) is 73.1 Å². The Morgan fingerprint density at radius 1 is 0.551 bits per heavy atom. The molecule has 4 rings (SSSR count). The summed E-state index contributed by atoms with van der Waals surface area (Å²) in [5.74, 6) is 12.2. The summed E-state index contributed by atoms with van der Waals surface area (Å²) in [5.41, 5.74) is 4.85. The molecule has 1 N–H and O–H groups in total. The van der Waals surface area contributed by atoms with Gasteiger partial charge in [-0.05, 0) is 115 Å². The van der Waals surface area contributed by atoms with Crippen molar-refractivity contribution in [3.63, 3.8) is 0 Å². The lowest BCUT2D eigenvalue weighted by Gasteiger charge is -2.09. The maximum absolute atomic E-state index is 12.8. The molecule has 0 bridgehead atoms. The Morgan fingerprint density at radius 2 is 1.02 bits per heavy atom. The van der Waals surface area contributed by atoms with Crippen LogP contribution in [0.15, 0.2) is 97.1 Å². The van der Waals surface area contributed by atoms with Gasteiger partial charge in [0.15, 0.2) is 0 Å². The lowest BCUT2D eigenvalue weighted by atomic mass is 10.0. The zero-order chi connectivity index (χ0) is 34.5. The van der Waals surface area contributed by atoms with E-state index in [1.807, 2.05) is 60.7 Å². The van der Waals surface area contributed by atoms with Crippen LogP contribution in [0.5, 0.6) is 11.5 Å². The molecule has 0 aliphatic heterocycles. The highest BCUT2D eigenvalue weighted by Gasteiger charge is 2.11. The Hall–Kier alpha value is -5.30. The SMILES string of the molecule is CCCCCOc1ccc(-c2ccc(C(=O)Oc3ccc(-c4ccc(C(=O)OCCCCC#CC#CCCCCO)cc4)cc3)cc2)cc1. The van der Waals surface area contributed by atoms with Gasteiger partial charge in [0, 0.05) is 19.4 Å². The smallest absolute Gasteiger partial charge is 0.343 e. The van der Waals surface area contributed by atoms with Crippen LogP contribution in [0, 0.1) is 23.7 Å². The van der Waals surface area contributed by atoms with E-state index in [-0.39, 0.29) is 12.6 Å². The summed E-state index contributed by atoms with van der Waals surface area (Å²) in [5, 5.41) is 8.74. The van der Waals surface area contributed by atoms with Crippen LogP contribution in [0.25, 0.3) is 22.3 Å². The van der Waals surface area contributed by atoms with Crippen LogP contribution in [0.3, 0.4) is 0 Å². The van der Waals surface area contributed by atoms with Crippen molar-refractivity contribution in [1.82, 2.24) is 0 Å². The standard InChI is InChI=1S/C43H44O6/c1-2-3-13-32-47-40-27-23-36(24-28-40)35-17-21-39(22-18-35)43(46)49-41-29-25-37(26-30-41)34-15-19-38(20-16-34)42(45)48-33-14-11-9-7-5-4-6-8-10-12-31-44/h15-30,44H,2-3,8-14,31-33H2,1H3. The molecule has 0 fully saturated rings. The van der Waals surface area contributed by atoms with Crippen molar-refractivity contribution in [3.8, 4) is 57.4 Å². The molecule has 0 saturated carbocycles. The van der Waals surface area contributed by atoms with Crippen LogP contribution in [0.1, 0.15) is 85.4 Å². The Morgan fingerprint density at radius 3 is 1.55 bits per heavy atom. The van der Waals surface area contributed by atoms with Crippen LogP contribution in [-0.2, 0) is 4.74 Å². The first-order valence-corrected chi connectivity index (χ1v) is 17.1. The van der Waals surface area contributed by atoms with Crippen LogP contribution in [0.4, 0.5) is 0 Å². The van der Waals surface area contributed by atoms with E-state index in [4.69, 9.17) is 19.3 Å². The molecule has 0 atom stereocenters. The monoisotopic (exact) mass is 656 g/mol. The van der Waals surface area contributed by atoms with Gasteiger partial charge >= 0.3 is 11.9 Å². The number of unbranched alkanes of at least 4 members (excludes halogenated alkanes) is 6. The number of hydrogen-bond acceptors (Lipinski definition) is 6. The van der Waals surface area contributed by atoms with Gasteiger partial charge in [0.05, 0.1) is 24.3 Å². The zero-order valence-corrected chi connectivity index (χ0v) is 28.2. The third-order valence-corrected chi connectivity index (χ3v) is 7.72. The molecule has 0 amide bonds. The quantitative estimate of drug-likeness (QED) is 0.0528. The molecule has 0 heterocycles. The number of esters is 2. The second-order valence-electron chi connectivity index (χ2n) is 11.5. The molecule has 0 saturated heterocycles. The second-order valence-corrected chi connectivity index (χ2v) is 11.5. The molecule has 252 valence electrons. The van der Waals surface area contributed by atoms with Gasteiger partial charge in [-0.1, -0.05) is 80.1 Å². The number of benzene rings is 4. The highest BCUT2D eigenvalue weighted by Crippen LogP contribution is 2.26. The molecule has 0 aliphatic carbocycles. The van der Waals surface area contributed by atoms with E-state index in [0.29, 0.717) is 29.9 Å². The molecule has 4 aromatic carbocycles. The third kappa shape index (κ3) is 12.7. The Labute approximate surface area is 290 Å². The number of carbonyl (C=O) groups excluding carboxylic acids is 2. The normalized spacial score (nSPS) is 10.2. The van der Waals surface area contributed by atoms with Gasteiger partial charge in [0.25, 0.3) is 0 Å². The molecule has 0 aromatic heterocycles. The molecular weight excluding hydrogens is 612 g/mol. The Bertz CT molecular complexity index is 1720. The summed E-state index contributed by atoms with van der Waals surface area (Å²) >= 11 is 0. The number of rotatable bonds is 17. The minimum atomic E-state index is -0.429. The average molecular weight is 657 g/mol. The lowest BCUT2D eigenvalue weighted by Crippen LogP contribution is -2.08. The predicted molar refractivity (Wildman–Crippen MR) is 194 cm³/mol. The number of carbonyl (C=O) groups is 2. The van der Waals surface area contributed by atoms with E-state index in [2.05, 4.69) is 30.6 Å². The second kappa shape index (κ2) is 20.8. The summed E-state index contributed by atoms with van der Waals surface area (Å²) in [6, 6.07) is 29.8. The molecule has 0 aliphatic rings. The largest absolute Gasteiger partial charge is 0.494 e. The fourth-order valence-corrected chi connectivity index (χ4v) is 4.87. The maximum Gasteiger partial charge on any atom is 0.343 e. The summed E-state index contributed by atoms with van der Waals surface area (Å²) < 4.78 is 16.8. The van der Waals surface area contributed by atoms with Gasteiger partial charge in [0.2, 0.25) is 0 Å². The minimum Gasteiger partial charge on any atom is -0.494 e. The summed E-state index contributed by atoms with van der Waals surface area (Å²) in [4.78, 5) is 25.3. The van der Waals surface area contributed by atoms with Crippen molar-refractivity contribution in [3.05, 3.63) is 108 Å². The topological polar surface area (TPSA) is 82.1 Å². The van der Waals surface area contributed by atoms with Crippen LogP contribution < -0.4 is 9.47 Å². The first-order chi connectivity index (χ1) is 24.1. The van der Waals surface area contributed by atoms with Gasteiger partial charge in [0.1, 0.15) is 11.5 Å². The highest BCUT2D eigenvalue weighted by atomic mass is 16.5. The number of aliphatic hydroxyl groups is 1. The van der Waals surface area contributed by atoms with Gasteiger partial charge in [-0.25, -0.2) is 9.59 Å². The van der Waals surface area contributed by atoms with E-state index < -0.39 is 5.97 Å². The van der Waals surface area contributed by atoms with E-state index >= 15 is 0 Å². The van der Waals surface area contributed by atoms with E-state index in [1.54, 1.807) is 36.4 Å². The maximum atomic E-state index is 12.8. The van der Waals surface area contributed by atoms with Crippen LogP contribution in [0.2, 0.25) is 0 Å². The van der Waals surface area contributed by atoms with Crippen LogP contribution in [-0.4, -0.2) is 36.9 Å². The third-order valence-electron chi connectivity index (χ3n) is 7.72. The van der Waals surface area contributed by atoms with Crippen LogP contribution >= 0.6 is 0 Å². The van der Waals surface area contributed by atoms with Crippen molar-refractivity contribution in [2.75, 3.05) is 19.8 Å². The molecule has 0 radical (unpaired) electrons. The predicted octanol–water partition coefficient (Wildman–Crippen LogP) is 9.31. The van der Waals surface area contributed by atoms with Crippen molar-refractivity contribution < 1.29 is 28.9 Å². The van der Waals surface area contributed by atoms with E-state index in [1.165, 1.54) is 12.8 Å². The molecule has 6 nitrogen and oxygen atoms in total. The van der Waals surface area contributed by atoms with Gasteiger partial charge < -0.3 is 19.3 Å². The summed E-state index contributed by atoms with van der Waals surface area (Å²) in [6.45, 7) is 3.43. The fourth-order valence-electron chi connectivity index (χ4n) is 4.87. The van der Waals surface area contributed by atoms with Crippen molar-refractivity contribution >= 4 is 11.9 Å². The zero-order valence-electron chi connectivity index (χ0n) is 28.2. The Kier molecular flexibility index (Phi) is 15.5. The molecular formula is C43H44O6.